The number of benzene rings is 1. The SMILES string of the molecule is CCCN(C)c1cc(C(C)(C)C)nc(SCc2cccc(C(=O)NCc3ccncc3)c2)n1. The van der Waals surface area contributed by atoms with Crippen molar-refractivity contribution in [3.8, 4) is 0 Å². The van der Waals surface area contributed by atoms with E-state index in [1.807, 2.05) is 36.4 Å². The van der Waals surface area contributed by atoms with Crippen molar-refractivity contribution in [1.29, 1.82) is 0 Å². The number of carbonyl (C=O) groups is 1. The molecule has 6 nitrogen and oxygen atoms in total. The van der Waals surface area contributed by atoms with Crippen molar-refractivity contribution in [2.75, 3.05) is 18.5 Å². The van der Waals surface area contributed by atoms with Crippen LogP contribution in [0.3, 0.4) is 0 Å². The predicted molar refractivity (Wildman–Crippen MR) is 136 cm³/mol. The summed E-state index contributed by atoms with van der Waals surface area (Å²) in [4.78, 5) is 28.4. The Kier molecular flexibility index (Phi) is 8.44. The van der Waals surface area contributed by atoms with E-state index in [1.165, 1.54) is 0 Å². The van der Waals surface area contributed by atoms with Crippen LogP contribution < -0.4 is 10.2 Å². The summed E-state index contributed by atoms with van der Waals surface area (Å²) in [5.74, 6) is 1.55. The highest BCUT2D eigenvalue weighted by Crippen LogP contribution is 2.28. The lowest BCUT2D eigenvalue weighted by Gasteiger charge is -2.23. The third kappa shape index (κ3) is 7.29. The average molecular weight is 464 g/mol. The lowest BCUT2D eigenvalue weighted by atomic mass is 9.92. The maximum Gasteiger partial charge on any atom is 0.251 e. The Hall–Kier alpha value is -2.93. The van der Waals surface area contributed by atoms with E-state index >= 15 is 0 Å². The summed E-state index contributed by atoms with van der Waals surface area (Å²) >= 11 is 1.60. The van der Waals surface area contributed by atoms with Gasteiger partial charge in [-0.3, -0.25) is 9.78 Å². The van der Waals surface area contributed by atoms with E-state index in [9.17, 15) is 4.79 Å². The average Bonchev–Trinajstić information content (AvgIpc) is 2.81. The fourth-order valence-electron chi connectivity index (χ4n) is 3.24. The number of rotatable bonds is 9. The first-order chi connectivity index (χ1) is 15.8. The van der Waals surface area contributed by atoms with Gasteiger partial charge in [-0.1, -0.05) is 51.6 Å². The summed E-state index contributed by atoms with van der Waals surface area (Å²) in [6.07, 6.45) is 4.51. The molecule has 0 aliphatic rings. The highest BCUT2D eigenvalue weighted by Gasteiger charge is 2.19. The maximum atomic E-state index is 12.6. The van der Waals surface area contributed by atoms with Gasteiger partial charge in [-0.05, 0) is 41.8 Å². The summed E-state index contributed by atoms with van der Waals surface area (Å²) < 4.78 is 0. The van der Waals surface area contributed by atoms with Crippen molar-refractivity contribution in [2.45, 2.75) is 57.0 Å². The molecule has 0 atom stereocenters. The Morgan fingerprint density at radius 3 is 2.52 bits per heavy atom. The van der Waals surface area contributed by atoms with Crippen molar-refractivity contribution < 1.29 is 4.79 Å². The number of pyridine rings is 1. The number of hydrogen-bond donors (Lipinski definition) is 1. The normalized spacial score (nSPS) is 11.3. The molecule has 0 aliphatic heterocycles. The number of hydrogen-bond acceptors (Lipinski definition) is 6. The largest absolute Gasteiger partial charge is 0.360 e. The van der Waals surface area contributed by atoms with Crippen LogP contribution in [0.4, 0.5) is 5.82 Å². The Morgan fingerprint density at radius 1 is 1.06 bits per heavy atom. The van der Waals surface area contributed by atoms with Crippen LogP contribution in [-0.2, 0) is 17.7 Å². The zero-order chi connectivity index (χ0) is 23.8. The Balaban J connectivity index is 1.70. The van der Waals surface area contributed by atoms with Gasteiger partial charge >= 0.3 is 0 Å². The molecule has 0 fully saturated rings. The molecule has 2 heterocycles. The summed E-state index contributed by atoms with van der Waals surface area (Å²) in [5, 5.41) is 3.73. The highest BCUT2D eigenvalue weighted by atomic mass is 32.2. The molecule has 1 amide bonds. The molecule has 1 aromatic carbocycles. The van der Waals surface area contributed by atoms with Crippen LogP contribution in [0.25, 0.3) is 0 Å². The second kappa shape index (κ2) is 11.3. The summed E-state index contributed by atoms with van der Waals surface area (Å²) in [6, 6.07) is 13.6. The molecule has 0 saturated heterocycles. The molecular weight excluding hydrogens is 430 g/mol. The second-order valence-corrected chi connectivity index (χ2v) is 10.0. The van der Waals surface area contributed by atoms with Crippen molar-refractivity contribution in [1.82, 2.24) is 20.3 Å². The molecule has 1 N–H and O–H groups in total. The van der Waals surface area contributed by atoms with E-state index < -0.39 is 0 Å². The Bertz CT molecular complexity index is 1070. The molecule has 0 radical (unpaired) electrons. The van der Waals surface area contributed by atoms with Gasteiger partial charge in [0, 0.05) is 55.3 Å². The Labute approximate surface area is 201 Å². The molecule has 33 heavy (non-hydrogen) atoms. The fraction of sp³-hybridized carbons (Fsp3) is 0.385. The van der Waals surface area contributed by atoms with Crippen LogP contribution >= 0.6 is 11.8 Å². The molecule has 174 valence electrons. The molecule has 3 aromatic rings. The third-order valence-electron chi connectivity index (χ3n) is 5.17. The highest BCUT2D eigenvalue weighted by molar-refractivity contribution is 7.98. The van der Waals surface area contributed by atoms with Crippen LogP contribution in [0.1, 0.15) is 61.3 Å². The van der Waals surface area contributed by atoms with Crippen LogP contribution in [0.15, 0.2) is 60.0 Å². The number of carbonyl (C=O) groups excluding carboxylic acids is 1. The van der Waals surface area contributed by atoms with Gasteiger partial charge in [0.2, 0.25) is 0 Å². The quantitative estimate of drug-likeness (QED) is 0.346. The predicted octanol–water partition coefficient (Wildman–Crippen LogP) is 5.24. The van der Waals surface area contributed by atoms with Crippen molar-refractivity contribution in [3.05, 3.63) is 77.2 Å². The molecule has 0 aliphatic carbocycles. The molecule has 2 aromatic heterocycles. The molecule has 0 unspecified atom stereocenters. The number of nitrogens with one attached hydrogen (secondary N) is 1. The van der Waals surface area contributed by atoms with E-state index in [1.54, 1.807) is 24.2 Å². The van der Waals surface area contributed by atoms with Gasteiger partial charge in [0.15, 0.2) is 5.16 Å². The van der Waals surface area contributed by atoms with Gasteiger partial charge in [-0.15, -0.1) is 0 Å². The number of nitrogens with zero attached hydrogens (tertiary/aromatic N) is 4. The van der Waals surface area contributed by atoms with Crippen LogP contribution in [0.2, 0.25) is 0 Å². The van der Waals surface area contributed by atoms with Crippen LogP contribution in [-0.4, -0.2) is 34.5 Å². The molecule has 7 heteroatoms. The van der Waals surface area contributed by atoms with Crippen molar-refractivity contribution in [2.24, 2.45) is 0 Å². The smallest absolute Gasteiger partial charge is 0.251 e. The monoisotopic (exact) mass is 463 g/mol. The fourth-order valence-corrected chi connectivity index (χ4v) is 4.04. The zero-order valence-electron chi connectivity index (χ0n) is 20.1. The number of aromatic nitrogens is 3. The number of anilines is 1. The first-order valence-corrected chi connectivity index (χ1v) is 12.2. The van der Waals surface area contributed by atoms with Gasteiger partial charge in [0.05, 0.1) is 5.69 Å². The third-order valence-corrected chi connectivity index (χ3v) is 6.09. The zero-order valence-corrected chi connectivity index (χ0v) is 20.9. The minimum absolute atomic E-state index is 0.0626. The minimum atomic E-state index is -0.0897. The molecule has 0 saturated carbocycles. The summed E-state index contributed by atoms with van der Waals surface area (Å²) in [6.45, 7) is 10.1. The lowest BCUT2D eigenvalue weighted by Crippen LogP contribution is -2.22. The van der Waals surface area contributed by atoms with E-state index in [4.69, 9.17) is 9.97 Å². The molecular formula is C26H33N5OS. The maximum absolute atomic E-state index is 12.6. The van der Waals surface area contributed by atoms with E-state index in [0.29, 0.717) is 17.9 Å². The standard InChI is InChI=1S/C26H33N5OS/c1-6-14-31(5)23-16-22(26(2,3)4)29-25(30-23)33-18-20-8-7-9-21(15-20)24(32)28-17-19-10-12-27-13-11-19/h7-13,15-16H,6,14,17-18H2,1-5H3,(H,28,32). The minimum Gasteiger partial charge on any atom is -0.360 e. The first kappa shape index (κ1) is 24.7. The second-order valence-electron chi connectivity index (χ2n) is 9.09. The number of thioether (sulfide) groups is 1. The Morgan fingerprint density at radius 2 is 1.82 bits per heavy atom. The number of amides is 1. The van der Waals surface area contributed by atoms with E-state index in [-0.39, 0.29) is 11.3 Å². The molecule has 3 rings (SSSR count). The first-order valence-electron chi connectivity index (χ1n) is 11.3. The van der Waals surface area contributed by atoms with Gasteiger partial charge in [0.1, 0.15) is 5.82 Å². The van der Waals surface area contributed by atoms with Crippen molar-refractivity contribution >= 4 is 23.5 Å². The molecule has 0 bridgehead atoms. The summed E-state index contributed by atoms with van der Waals surface area (Å²) in [7, 11) is 2.07. The topological polar surface area (TPSA) is 71.0 Å². The van der Waals surface area contributed by atoms with E-state index in [2.05, 4.69) is 56.0 Å². The van der Waals surface area contributed by atoms with Gasteiger partial charge < -0.3 is 10.2 Å². The van der Waals surface area contributed by atoms with Crippen LogP contribution in [0, 0.1) is 0 Å². The summed E-state index contributed by atoms with van der Waals surface area (Å²) in [5.41, 5.74) is 3.69. The van der Waals surface area contributed by atoms with Gasteiger partial charge in [0.25, 0.3) is 5.91 Å². The molecule has 0 spiro atoms. The van der Waals surface area contributed by atoms with Crippen LogP contribution in [0.5, 0.6) is 0 Å². The lowest BCUT2D eigenvalue weighted by molar-refractivity contribution is 0.0951. The van der Waals surface area contributed by atoms with Gasteiger partial charge in [-0.2, -0.15) is 0 Å². The van der Waals surface area contributed by atoms with Gasteiger partial charge in [-0.25, -0.2) is 9.97 Å². The van der Waals surface area contributed by atoms with Crippen molar-refractivity contribution in [3.63, 3.8) is 0 Å². The van der Waals surface area contributed by atoms with E-state index in [0.717, 1.165) is 40.8 Å².